The van der Waals surface area contributed by atoms with Crippen molar-refractivity contribution in [2.24, 2.45) is 0 Å². The number of aryl methyl sites for hydroxylation is 2. The molecule has 0 spiro atoms. The number of carbonyl (C=O) groups excluding carboxylic acids is 2. The van der Waals surface area contributed by atoms with Crippen molar-refractivity contribution in [3.8, 4) is 0 Å². The fourth-order valence-corrected chi connectivity index (χ4v) is 4.16. The number of pyridine rings is 2. The number of piperazine rings is 1. The van der Waals surface area contributed by atoms with Crippen LogP contribution in [-0.2, 0) is 22.7 Å². The van der Waals surface area contributed by atoms with Crippen LogP contribution in [0.1, 0.15) is 26.7 Å². The highest BCUT2D eigenvalue weighted by atomic mass is 16.2. The number of carbonyl (C=O) groups is 2. The predicted molar refractivity (Wildman–Crippen MR) is 126 cm³/mol. The fraction of sp³-hybridized carbons (Fsp3) is 0.435. The Morgan fingerprint density at radius 2 is 1.73 bits per heavy atom. The van der Waals surface area contributed by atoms with Crippen LogP contribution in [0.4, 0.5) is 11.6 Å². The van der Waals surface area contributed by atoms with Gasteiger partial charge in [-0.3, -0.25) is 18.7 Å². The molecule has 3 aromatic rings. The van der Waals surface area contributed by atoms with E-state index in [0.29, 0.717) is 37.6 Å². The SMILES string of the molecule is CCn1c(=O)n(CC)c2nc(NC(=O)CCC(=O)N3CCN(c4ccccn4)CC3)ccc21. The van der Waals surface area contributed by atoms with E-state index in [9.17, 15) is 14.4 Å². The van der Waals surface area contributed by atoms with Gasteiger partial charge < -0.3 is 15.1 Å². The van der Waals surface area contributed by atoms with E-state index in [1.54, 1.807) is 32.4 Å². The summed E-state index contributed by atoms with van der Waals surface area (Å²) in [5.74, 6) is 0.979. The molecular weight excluding hydrogens is 422 g/mol. The smallest absolute Gasteiger partial charge is 0.330 e. The molecule has 174 valence electrons. The monoisotopic (exact) mass is 451 g/mol. The van der Waals surface area contributed by atoms with Crippen molar-refractivity contribution in [3.63, 3.8) is 0 Å². The quantitative estimate of drug-likeness (QED) is 0.586. The highest BCUT2D eigenvalue weighted by molar-refractivity contribution is 5.93. The van der Waals surface area contributed by atoms with Crippen molar-refractivity contribution in [1.82, 2.24) is 24.0 Å². The number of imidazole rings is 1. The molecule has 10 nitrogen and oxygen atoms in total. The zero-order chi connectivity index (χ0) is 23.4. The number of fused-ring (bicyclic) bond motifs is 1. The molecule has 2 amide bonds. The first-order valence-corrected chi connectivity index (χ1v) is 11.4. The van der Waals surface area contributed by atoms with Gasteiger partial charge in [0.2, 0.25) is 11.8 Å². The number of aromatic nitrogens is 4. The molecule has 0 aromatic carbocycles. The molecule has 1 aliphatic rings. The summed E-state index contributed by atoms with van der Waals surface area (Å²) in [4.78, 5) is 50.3. The van der Waals surface area contributed by atoms with E-state index >= 15 is 0 Å². The largest absolute Gasteiger partial charge is 0.353 e. The van der Waals surface area contributed by atoms with Gasteiger partial charge in [0.1, 0.15) is 11.6 Å². The van der Waals surface area contributed by atoms with Gasteiger partial charge in [0.05, 0.1) is 5.52 Å². The third-order valence-electron chi connectivity index (χ3n) is 5.93. The van der Waals surface area contributed by atoms with Crippen molar-refractivity contribution in [2.75, 3.05) is 36.4 Å². The van der Waals surface area contributed by atoms with Gasteiger partial charge in [-0.15, -0.1) is 0 Å². The molecule has 1 aliphatic heterocycles. The van der Waals surface area contributed by atoms with Gasteiger partial charge in [-0.2, -0.15) is 0 Å². The molecule has 0 bridgehead atoms. The standard InChI is InChI=1S/C23H29N7O3/c1-3-29-17-8-9-18(26-22(17)30(4-2)23(29)33)25-20(31)10-11-21(32)28-15-13-27(14-16-28)19-7-5-6-12-24-19/h5-9,12H,3-4,10-11,13-16H2,1-2H3,(H,25,26,31). The Kier molecular flexibility index (Phi) is 6.71. The molecule has 1 N–H and O–H groups in total. The van der Waals surface area contributed by atoms with Crippen molar-refractivity contribution in [1.29, 1.82) is 0 Å². The van der Waals surface area contributed by atoms with Gasteiger partial charge in [0.15, 0.2) is 5.65 Å². The Morgan fingerprint density at radius 3 is 2.39 bits per heavy atom. The lowest BCUT2D eigenvalue weighted by Crippen LogP contribution is -2.49. The maximum atomic E-state index is 12.6. The molecule has 10 heteroatoms. The lowest BCUT2D eigenvalue weighted by molar-refractivity contribution is -0.133. The van der Waals surface area contributed by atoms with Crippen molar-refractivity contribution >= 4 is 34.6 Å². The number of hydrogen-bond donors (Lipinski definition) is 1. The molecule has 1 fully saturated rings. The average Bonchev–Trinajstić information content (AvgIpc) is 3.12. The Balaban J connectivity index is 1.31. The second-order valence-electron chi connectivity index (χ2n) is 7.91. The minimum atomic E-state index is -0.275. The van der Waals surface area contributed by atoms with E-state index < -0.39 is 0 Å². The lowest BCUT2D eigenvalue weighted by atomic mass is 10.2. The minimum Gasteiger partial charge on any atom is -0.353 e. The van der Waals surface area contributed by atoms with E-state index in [-0.39, 0.29) is 30.3 Å². The lowest BCUT2D eigenvalue weighted by Gasteiger charge is -2.35. The van der Waals surface area contributed by atoms with Crippen LogP contribution in [0.2, 0.25) is 0 Å². The number of amides is 2. The summed E-state index contributed by atoms with van der Waals surface area (Å²) in [5, 5.41) is 2.76. The molecule has 0 atom stereocenters. The molecule has 3 aromatic heterocycles. The first-order valence-electron chi connectivity index (χ1n) is 11.4. The number of anilines is 2. The van der Waals surface area contributed by atoms with E-state index in [4.69, 9.17) is 0 Å². The molecule has 0 unspecified atom stereocenters. The van der Waals surface area contributed by atoms with Crippen LogP contribution in [-0.4, -0.2) is 62.0 Å². The highest BCUT2D eigenvalue weighted by Crippen LogP contribution is 2.16. The van der Waals surface area contributed by atoms with Crippen LogP contribution in [0, 0.1) is 0 Å². The summed E-state index contributed by atoms with van der Waals surface area (Å²) in [5.41, 5.74) is 1.17. The van der Waals surface area contributed by atoms with Gasteiger partial charge in [-0.1, -0.05) is 6.07 Å². The second-order valence-corrected chi connectivity index (χ2v) is 7.91. The van der Waals surface area contributed by atoms with E-state index in [1.807, 2.05) is 32.0 Å². The summed E-state index contributed by atoms with van der Waals surface area (Å²) in [7, 11) is 0. The predicted octanol–water partition coefficient (Wildman–Crippen LogP) is 1.70. The Morgan fingerprint density at radius 1 is 0.970 bits per heavy atom. The van der Waals surface area contributed by atoms with E-state index in [0.717, 1.165) is 24.4 Å². The highest BCUT2D eigenvalue weighted by Gasteiger charge is 2.22. The maximum Gasteiger partial charge on any atom is 0.330 e. The topological polar surface area (TPSA) is 105 Å². The fourth-order valence-electron chi connectivity index (χ4n) is 4.16. The summed E-state index contributed by atoms with van der Waals surface area (Å²) in [6.07, 6.45) is 1.98. The molecule has 1 saturated heterocycles. The maximum absolute atomic E-state index is 12.6. The van der Waals surface area contributed by atoms with Crippen molar-refractivity contribution < 1.29 is 9.59 Å². The van der Waals surface area contributed by atoms with Crippen LogP contribution in [0.25, 0.3) is 11.2 Å². The molecule has 33 heavy (non-hydrogen) atoms. The molecule has 0 radical (unpaired) electrons. The normalized spacial score (nSPS) is 14.0. The summed E-state index contributed by atoms with van der Waals surface area (Å²) in [6.45, 7) is 7.49. The summed E-state index contributed by atoms with van der Waals surface area (Å²) >= 11 is 0. The Hall–Kier alpha value is -3.69. The second kappa shape index (κ2) is 9.85. The van der Waals surface area contributed by atoms with Gasteiger partial charge in [0, 0.05) is 58.3 Å². The van der Waals surface area contributed by atoms with Crippen LogP contribution in [0.3, 0.4) is 0 Å². The first-order chi connectivity index (χ1) is 16.0. The van der Waals surface area contributed by atoms with E-state index in [1.165, 1.54) is 0 Å². The van der Waals surface area contributed by atoms with Crippen LogP contribution in [0.5, 0.6) is 0 Å². The number of rotatable bonds is 7. The number of nitrogens with zero attached hydrogens (tertiary/aromatic N) is 6. The first kappa shape index (κ1) is 22.5. The van der Waals surface area contributed by atoms with Gasteiger partial charge in [-0.25, -0.2) is 14.8 Å². The van der Waals surface area contributed by atoms with Gasteiger partial charge in [-0.05, 0) is 38.1 Å². The molecule has 4 heterocycles. The van der Waals surface area contributed by atoms with Crippen LogP contribution in [0.15, 0.2) is 41.3 Å². The Bertz CT molecular complexity index is 1190. The molecule has 0 saturated carbocycles. The van der Waals surface area contributed by atoms with Crippen LogP contribution < -0.4 is 15.9 Å². The number of hydrogen-bond acceptors (Lipinski definition) is 6. The number of nitrogens with one attached hydrogen (secondary N) is 1. The van der Waals surface area contributed by atoms with Gasteiger partial charge in [0.25, 0.3) is 0 Å². The molecular formula is C23H29N7O3. The average molecular weight is 452 g/mol. The Labute approximate surface area is 191 Å². The van der Waals surface area contributed by atoms with E-state index in [2.05, 4.69) is 20.2 Å². The van der Waals surface area contributed by atoms with Crippen molar-refractivity contribution in [3.05, 3.63) is 47.0 Å². The summed E-state index contributed by atoms with van der Waals surface area (Å²) in [6, 6.07) is 9.27. The zero-order valence-corrected chi connectivity index (χ0v) is 19.0. The zero-order valence-electron chi connectivity index (χ0n) is 19.0. The van der Waals surface area contributed by atoms with Crippen LogP contribution >= 0.6 is 0 Å². The molecule has 4 rings (SSSR count). The van der Waals surface area contributed by atoms with Crippen molar-refractivity contribution in [2.45, 2.75) is 39.8 Å². The van der Waals surface area contributed by atoms with Gasteiger partial charge >= 0.3 is 5.69 Å². The third-order valence-corrected chi connectivity index (χ3v) is 5.93. The minimum absolute atomic E-state index is 0.0333. The third kappa shape index (κ3) is 4.74. The molecule has 0 aliphatic carbocycles. The summed E-state index contributed by atoms with van der Waals surface area (Å²) < 4.78 is 3.24.